The van der Waals surface area contributed by atoms with Gasteiger partial charge in [0.05, 0.1) is 144 Å². The van der Waals surface area contributed by atoms with E-state index in [1.807, 2.05) is 137 Å². The van der Waals surface area contributed by atoms with Crippen LogP contribution in [0.1, 0.15) is 109 Å². The van der Waals surface area contributed by atoms with Gasteiger partial charge in [-0.05, 0) is 108 Å². The quantitative estimate of drug-likeness (QED) is 0.0158. The molecule has 0 unspecified atom stereocenters. The van der Waals surface area contributed by atoms with Crippen LogP contribution in [0.3, 0.4) is 0 Å². The van der Waals surface area contributed by atoms with Crippen molar-refractivity contribution in [3.8, 4) is 11.5 Å². The van der Waals surface area contributed by atoms with Crippen LogP contribution in [0.4, 0.5) is 11.4 Å². The fourth-order valence-electron chi connectivity index (χ4n) is 14.3. The number of carboxylic acid groups (broad SMARTS) is 2. The highest BCUT2D eigenvalue weighted by molar-refractivity contribution is 6.03. The number of anilines is 2. The van der Waals surface area contributed by atoms with Gasteiger partial charge in [0.25, 0.3) is 11.8 Å². The summed E-state index contributed by atoms with van der Waals surface area (Å²) in [4.78, 5) is 146. The maximum absolute atomic E-state index is 14.4. The topological polar surface area (TPSA) is 472 Å². The van der Waals surface area contributed by atoms with Crippen LogP contribution in [-0.4, -0.2) is 259 Å². The maximum Gasteiger partial charge on any atom is 0.326 e. The summed E-state index contributed by atoms with van der Waals surface area (Å²) in [6.45, 7) is 14.1. The fourth-order valence-corrected chi connectivity index (χ4v) is 14.3. The van der Waals surface area contributed by atoms with Gasteiger partial charge in [-0.3, -0.25) is 38.4 Å². The number of aromatic nitrogens is 4. The van der Waals surface area contributed by atoms with Gasteiger partial charge in [0, 0.05) is 144 Å². The van der Waals surface area contributed by atoms with E-state index in [-0.39, 0.29) is 162 Å². The zero-order valence-corrected chi connectivity index (χ0v) is 74.6. The van der Waals surface area contributed by atoms with Crippen molar-refractivity contribution in [1.29, 1.82) is 0 Å². The lowest BCUT2D eigenvalue weighted by molar-refractivity contribution is -0.140. The molecular weight excluding hydrogens is 1690 g/mol. The minimum absolute atomic E-state index is 0.00930. The van der Waals surface area contributed by atoms with E-state index < -0.39 is 71.5 Å². The number of H-pyrrole nitrogens is 4. The number of aliphatic carboxylic acids is 2. The number of carbonyl (C=O) groups is 10. The second-order valence-electron chi connectivity index (χ2n) is 31.9. The number of para-hydroxylation sites is 4. The summed E-state index contributed by atoms with van der Waals surface area (Å²) in [5.74, 6) is -6.36. The van der Waals surface area contributed by atoms with Crippen LogP contribution >= 0.6 is 0 Å². The molecule has 10 rings (SSSR count). The van der Waals surface area contributed by atoms with Crippen LogP contribution < -0.4 is 52.0 Å². The molecular formula is C96H122N12O23. The minimum atomic E-state index is -1.17. The van der Waals surface area contributed by atoms with E-state index in [1.165, 1.54) is 36.4 Å². The van der Waals surface area contributed by atoms with Crippen LogP contribution in [-0.2, 0) is 107 Å². The Bertz CT molecular complexity index is 4990. The molecule has 4 atom stereocenters. The highest BCUT2D eigenvalue weighted by atomic mass is 16.6. The van der Waals surface area contributed by atoms with Gasteiger partial charge in [-0.25, -0.2) is 9.59 Å². The summed E-state index contributed by atoms with van der Waals surface area (Å²) in [5.41, 5.74) is 7.72. The van der Waals surface area contributed by atoms with Crippen LogP contribution in [0.25, 0.3) is 43.6 Å². The Morgan fingerprint density at radius 1 is 0.321 bits per heavy atom. The molecule has 0 fully saturated rings. The summed E-state index contributed by atoms with van der Waals surface area (Å²) < 4.78 is 62.9. The first-order chi connectivity index (χ1) is 63.6. The molecule has 14 N–H and O–H groups in total. The van der Waals surface area contributed by atoms with Gasteiger partial charge in [0.15, 0.2) is 0 Å². The smallest absolute Gasteiger partial charge is 0.326 e. The Balaban J connectivity index is 0.514. The molecule has 4 heterocycles. The van der Waals surface area contributed by atoms with Crippen molar-refractivity contribution < 1.29 is 110 Å². The number of ether oxygens (including phenoxy) is 11. The molecule has 0 radical (unpaired) electrons. The van der Waals surface area contributed by atoms with Crippen molar-refractivity contribution in [2.75, 3.05) is 156 Å². The first-order valence-corrected chi connectivity index (χ1v) is 44.4. The van der Waals surface area contributed by atoms with E-state index in [1.54, 1.807) is 12.4 Å². The molecule has 10 aromatic rings. The second-order valence-corrected chi connectivity index (χ2v) is 31.9. The normalized spacial score (nSPS) is 12.4. The second kappa shape index (κ2) is 54.8. The minimum Gasteiger partial charge on any atom is -0.491 e. The largest absolute Gasteiger partial charge is 0.491 e. The van der Waals surface area contributed by atoms with E-state index in [0.717, 1.165) is 65.9 Å². The Kier molecular flexibility index (Phi) is 42.1. The molecule has 0 bridgehead atoms. The van der Waals surface area contributed by atoms with Crippen molar-refractivity contribution >= 4 is 114 Å². The van der Waals surface area contributed by atoms with Crippen molar-refractivity contribution in [3.05, 3.63) is 192 Å². The Labute approximate surface area is 759 Å². The van der Waals surface area contributed by atoms with Crippen molar-refractivity contribution in [1.82, 2.24) is 51.8 Å². The third-order valence-electron chi connectivity index (χ3n) is 21.0. The van der Waals surface area contributed by atoms with Gasteiger partial charge in [-0.15, -0.1) is 0 Å². The summed E-state index contributed by atoms with van der Waals surface area (Å²) in [6.07, 6.45) is 8.09. The highest BCUT2D eigenvalue weighted by Gasteiger charge is 2.30. The zero-order valence-electron chi connectivity index (χ0n) is 74.6. The monoisotopic (exact) mass is 1810 g/mol. The molecule has 0 saturated heterocycles. The molecule has 35 nitrogen and oxygen atoms in total. The molecule has 8 amide bonds. The number of nitrogens with one attached hydrogen (secondary N) is 12. The standard InChI is InChI=1S/C96H122N12O23/c1-63(2)53-83(95(117)118)107-91(113)65-21-23-79(85(57-65)130-33-29-67-59-99-75-17-9-5-13-71(67)75)105-93(115)81(55-69-61-101-77-19-11-7-15-73(69)77)103-89(111)27-25-87(109)97-31-35-121-37-39-123-41-43-125-45-47-127-49-51-129-52-50-128-48-46-126-44-42-124-40-38-122-36-32-98-88(110)26-28-90(112)104-82(56-70-62-102-78-20-12-8-16-74(70)78)94(116)106-80-24-22-66(92(114)108-84(96(119)120)54-64(3)4)58-86(80)131-34-30-68-60-100-76-18-10-6-14-72(68)76/h5-24,57-64,81-84,99-102H,25-56H2,1-4H3,(H,97,109)(H,98,110)(H,103,111)(H,104,112)(H,105,115)(H,106,116)(H,107,113)(H,108,114)(H,117,118)(H,119,120)/t81-,82-,83-,84-/m0/s1. The van der Waals surface area contributed by atoms with Crippen LogP contribution in [0.2, 0.25) is 0 Å². The lowest BCUT2D eigenvalue weighted by atomic mass is 10.0. The van der Waals surface area contributed by atoms with Crippen LogP contribution in [0, 0.1) is 11.8 Å². The van der Waals surface area contributed by atoms with Crippen LogP contribution in [0.5, 0.6) is 11.5 Å². The van der Waals surface area contributed by atoms with E-state index in [2.05, 4.69) is 62.5 Å². The predicted octanol–water partition coefficient (Wildman–Crippen LogP) is 9.29. The molecule has 0 spiro atoms. The summed E-state index contributed by atoms with van der Waals surface area (Å²) >= 11 is 0. The zero-order chi connectivity index (χ0) is 92.9. The first kappa shape index (κ1) is 101. The third-order valence-corrected chi connectivity index (χ3v) is 21.0. The summed E-state index contributed by atoms with van der Waals surface area (Å²) in [6, 6.07) is 35.1. The van der Waals surface area contributed by atoms with Gasteiger partial charge >= 0.3 is 11.9 Å². The molecule has 0 aliphatic rings. The van der Waals surface area contributed by atoms with E-state index in [9.17, 15) is 58.2 Å². The third kappa shape index (κ3) is 34.3. The highest BCUT2D eigenvalue weighted by Crippen LogP contribution is 2.32. The molecule has 0 aliphatic heterocycles. The average molecular weight is 1810 g/mol. The summed E-state index contributed by atoms with van der Waals surface area (Å²) in [7, 11) is 0. The molecule has 704 valence electrons. The van der Waals surface area contributed by atoms with E-state index >= 15 is 0 Å². The van der Waals surface area contributed by atoms with E-state index in [4.69, 9.17) is 52.1 Å². The number of carbonyl (C=O) groups excluding carboxylic acids is 8. The van der Waals surface area contributed by atoms with Gasteiger partial charge in [0.2, 0.25) is 35.4 Å². The average Bonchev–Trinajstić information content (AvgIpc) is 1.62. The van der Waals surface area contributed by atoms with Gasteiger partial charge < -0.3 is 125 Å². The fraction of sp³-hybridized carbons (Fsp3) is 0.438. The Morgan fingerprint density at radius 2 is 0.603 bits per heavy atom. The molecule has 4 aromatic heterocycles. The van der Waals surface area contributed by atoms with Crippen LogP contribution in [0.15, 0.2) is 158 Å². The first-order valence-electron chi connectivity index (χ1n) is 44.4. The summed E-state index contributed by atoms with van der Waals surface area (Å²) in [5, 5.41) is 45.7. The van der Waals surface area contributed by atoms with Crippen molar-refractivity contribution in [3.63, 3.8) is 0 Å². The maximum atomic E-state index is 14.4. The SMILES string of the molecule is CC(C)C[C@H](NC(=O)c1ccc(NC(=O)[C@H](Cc2c[nH]c3ccccc23)NC(=O)CCC(=O)NCCOCCOCCOCCOCCOCCOCCOCCOCCOCCNC(=O)CCC(=O)N[C@@H](Cc2c[nH]c3ccccc23)C(=O)Nc2ccc(C(=O)N[C@@H](CC(C)C)C(=O)O)cc2OCCc2c[nH]c3ccccc23)c(OCCc2c[nH]c3ccccc23)c1)C(=O)O. The number of hydrogen-bond donors (Lipinski definition) is 14. The lowest BCUT2D eigenvalue weighted by Crippen LogP contribution is -2.45. The van der Waals surface area contributed by atoms with Gasteiger partial charge in [-0.1, -0.05) is 100 Å². The number of rotatable bonds is 64. The lowest BCUT2D eigenvalue weighted by Gasteiger charge is -2.21. The number of carboxylic acids is 2. The van der Waals surface area contributed by atoms with E-state index in [0.29, 0.717) is 105 Å². The molecule has 0 aliphatic carbocycles. The molecule has 35 heteroatoms. The van der Waals surface area contributed by atoms with Crippen molar-refractivity contribution in [2.24, 2.45) is 11.8 Å². The Hall–Kier alpha value is -12.6. The predicted molar refractivity (Wildman–Crippen MR) is 492 cm³/mol. The number of fused-ring (bicyclic) bond motifs is 4. The number of hydrogen-bond acceptors (Lipinski definition) is 21. The number of aromatic amines is 4. The van der Waals surface area contributed by atoms with Gasteiger partial charge in [0.1, 0.15) is 35.7 Å². The van der Waals surface area contributed by atoms with Gasteiger partial charge in [-0.2, -0.15) is 0 Å². The number of benzene rings is 6. The van der Waals surface area contributed by atoms with Crippen molar-refractivity contribution in [2.45, 2.75) is 116 Å². The number of amides is 8. The molecule has 131 heavy (non-hydrogen) atoms. The molecule has 6 aromatic carbocycles. The Morgan fingerprint density at radius 3 is 0.908 bits per heavy atom. The molecule has 0 saturated carbocycles.